The highest BCUT2D eigenvalue weighted by atomic mass is 127. The van der Waals surface area contributed by atoms with Crippen LogP contribution in [0.2, 0.25) is 0 Å². The van der Waals surface area contributed by atoms with Gasteiger partial charge in [-0.1, -0.05) is 0 Å². The lowest BCUT2D eigenvalue weighted by Crippen LogP contribution is -2.45. The minimum absolute atomic E-state index is 0. The molecule has 2 aliphatic heterocycles. The number of guanidine groups is 1. The molecule has 2 fully saturated rings. The standard InChI is InChI=1S/C13H26N4O3S2.HI/c1-14-13(16-11-12-3-2-7-20-12)15-4-10-22(18,19)17-5-8-21-9-6-17;/h12H,2-11H2,1H3,(H2,14,15,16);1H. The van der Waals surface area contributed by atoms with Gasteiger partial charge in [-0.2, -0.15) is 11.8 Å². The molecule has 0 spiro atoms. The second kappa shape index (κ2) is 11.0. The van der Waals surface area contributed by atoms with E-state index < -0.39 is 10.0 Å². The van der Waals surface area contributed by atoms with Crippen molar-refractivity contribution in [2.24, 2.45) is 4.99 Å². The second-order valence-corrected chi connectivity index (χ2v) is 8.66. The van der Waals surface area contributed by atoms with Crippen LogP contribution in [0.3, 0.4) is 0 Å². The third kappa shape index (κ3) is 7.32. The summed E-state index contributed by atoms with van der Waals surface area (Å²) in [6.45, 7) is 3.13. The lowest BCUT2D eigenvalue weighted by atomic mass is 10.2. The Morgan fingerprint density at radius 2 is 2.09 bits per heavy atom. The topological polar surface area (TPSA) is 83.0 Å². The number of halogens is 1. The van der Waals surface area contributed by atoms with Gasteiger partial charge in [0.2, 0.25) is 10.0 Å². The van der Waals surface area contributed by atoms with Crippen LogP contribution < -0.4 is 10.6 Å². The Balaban J connectivity index is 0.00000264. The van der Waals surface area contributed by atoms with E-state index in [-0.39, 0.29) is 35.8 Å². The Labute approximate surface area is 160 Å². The SMILES string of the molecule is CN=C(NCCS(=O)(=O)N1CCSCC1)NCC1CCCO1.I. The van der Waals surface area contributed by atoms with Crippen molar-refractivity contribution in [2.45, 2.75) is 18.9 Å². The van der Waals surface area contributed by atoms with Gasteiger partial charge in [-0.25, -0.2) is 12.7 Å². The monoisotopic (exact) mass is 478 g/mol. The highest BCUT2D eigenvalue weighted by Gasteiger charge is 2.23. The average molecular weight is 478 g/mol. The first-order chi connectivity index (χ1) is 10.6. The van der Waals surface area contributed by atoms with Crippen molar-refractivity contribution < 1.29 is 13.2 Å². The van der Waals surface area contributed by atoms with Gasteiger partial charge in [0, 0.05) is 51.3 Å². The molecule has 2 aliphatic rings. The van der Waals surface area contributed by atoms with E-state index >= 15 is 0 Å². The van der Waals surface area contributed by atoms with Crippen LogP contribution in [-0.4, -0.2) is 81.9 Å². The molecular formula is C13H27IN4O3S2. The van der Waals surface area contributed by atoms with E-state index in [2.05, 4.69) is 15.6 Å². The van der Waals surface area contributed by atoms with Crippen molar-refractivity contribution in [2.75, 3.05) is 57.1 Å². The molecule has 0 bridgehead atoms. The molecule has 0 aliphatic carbocycles. The Hall–Kier alpha value is 0.220. The number of nitrogens with one attached hydrogen (secondary N) is 2. The van der Waals surface area contributed by atoms with Crippen LogP contribution in [0.5, 0.6) is 0 Å². The van der Waals surface area contributed by atoms with Gasteiger partial charge >= 0.3 is 0 Å². The van der Waals surface area contributed by atoms with Gasteiger partial charge in [-0.05, 0) is 12.8 Å². The Bertz CT molecular complexity index is 464. The predicted octanol–water partition coefficient (Wildman–Crippen LogP) is 0.327. The third-order valence-electron chi connectivity index (χ3n) is 3.76. The smallest absolute Gasteiger partial charge is 0.215 e. The largest absolute Gasteiger partial charge is 0.376 e. The molecule has 0 saturated carbocycles. The van der Waals surface area contributed by atoms with E-state index in [4.69, 9.17) is 4.74 Å². The number of aliphatic imine (C=N–C) groups is 1. The molecule has 2 saturated heterocycles. The van der Waals surface area contributed by atoms with Crippen LogP contribution in [0.4, 0.5) is 0 Å². The van der Waals surface area contributed by atoms with E-state index in [9.17, 15) is 8.42 Å². The van der Waals surface area contributed by atoms with Gasteiger partial charge < -0.3 is 15.4 Å². The minimum atomic E-state index is -3.17. The first kappa shape index (κ1) is 21.3. The van der Waals surface area contributed by atoms with Crippen molar-refractivity contribution in [3.05, 3.63) is 0 Å². The first-order valence-electron chi connectivity index (χ1n) is 7.73. The van der Waals surface area contributed by atoms with E-state index in [0.717, 1.165) is 31.0 Å². The molecule has 2 rings (SSSR count). The minimum Gasteiger partial charge on any atom is -0.376 e. The number of nitrogens with zero attached hydrogens (tertiary/aromatic N) is 2. The molecule has 1 unspecified atom stereocenters. The second-order valence-electron chi connectivity index (χ2n) is 5.34. The molecule has 10 heteroatoms. The molecule has 136 valence electrons. The zero-order chi connectivity index (χ0) is 15.8. The summed E-state index contributed by atoms with van der Waals surface area (Å²) in [5.74, 6) is 2.49. The summed E-state index contributed by atoms with van der Waals surface area (Å²) in [6, 6.07) is 0. The number of ether oxygens (including phenoxy) is 1. The van der Waals surface area contributed by atoms with Crippen LogP contribution in [-0.2, 0) is 14.8 Å². The Morgan fingerprint density at radius 3 is 2.70 bits per heavy atom. The maximum Gasteiger partial charge on any atom is 0.215 e. The third-order valence-corrected chi connectivity index (χ3v) is 6.58. The van der Waals surface area contributed by atoms with Crippen molar-refractivity contribution in [3.63, 3.8) is 0 Å². The van der Waals surface area contributed by atoms with E-state index in [0.29, 0.717) is 32.1 Å². The normalized spacial score (nSPS) is 23.3. The molecule has 0 aromatic rings. The van der Waals surface area contributed by atoms with Crippen molar-refractivity contribution in [1.29, 1.82) is 0 Å². The fourth-order valence-electron chi connectivity index (χ4n) is 2.49. The number of rotatable bonds is 6. The number of hydrogen-bond acceptors (Lipinski definition) is 5. The lowest BCUT2D eigenvalue weighted by Gasteiger charge is -2.25. The van der Waals surface area contributed by atoms with Gasteiger partial charge in [0.05, 0.1) is 11.9 Å². The van der Waals surface area contributed by atoms with Crippen LogP contribution in [0, 0.1) is 0 Å². The van der Waals surface area contributed by atoms with E-state index in [1.807, 2.05) is 0 Å². The van der Waals surface area contributed by atoms with Crippen molar-refractivity contribution >= 4 is 51.7 Å². The van der Waals surface area contributed by atoms with Crippen LogP contribution in [0.25, 0.3) is 0 Å². The molecule has 23 heavy (non-hydrogen) atoms. The molecule has 7 nitrogen and oxygen atoms in total. The molecule has 0 aromatic carbocycles. The first-order valence-corrected chi connectivity index (χ1v) is 10.5. The number of hydrogen-bond donors (Lipinski definition) is 2. The number of thioether (sulfide) groups is 1. The zero-order valence-electron chi connectivity index (χ0n) is 13.5. The summed E-state index contributed by atoms with van der Waals surface area (Å²) < 4.78 is 31.6. The summed E-state index contributed by atoms with van der Waals surface area (Å²) in [5.41, 5.74) is 0. The summed E-state index contributed by atoms with van der Waals surface area (Å²) >= 11 is 1.80. The summed E-state index contributed by atoms with van der Waals surface area (Å²) in [6.07, 6.45) is 2.39. The van der Waals surface area contributed by atoms with Gasteiger partial charge in [0.1, 0.15) is 0 Å². The van der Waals surface area contributed by atoms with Gasteiger partial charge in [0.15, 0.2) is 5.96 Å². The van der Waals surface area contributed by atoms with Crippen LogP contribution in [0.15, 0.2) is 4.99 Å². The van der Waals surface area contributed by atoms with Crippen LogP contribution >= 0.6 is 35.7 Å². The average Bonchev–Trinajstić information content (AvgIpc) is 3.05. The van der Waals surface area contributed by atoms with Gasteiger partial charge in [-0.15, -0.1) is 24.0 Å². The van der Waals surface area contributed by atoms with E-state index in [1.54, 1.807) is 23.1 Å². The highest BCUT2D eigenvalue weighted by molar-refractivity contribution is 14.0. The molecule has 0 aromatic heterocycles. The fourth-order valence-corrected chi connectivity index (χ4v) is 4.98. The lowest BCUT2D eigenvalue weighted by molar-refractivity contribution is 0.114. The van der Waals surface area contributed by atoms with Gasteiger partial charge in [0.25, 0.3) is 0 Å². The zero-order valence-corrected chi connectivity index (χ0v) is 17.5. The van der Waals surface area contributed by atoms with Gasteiger partial charge in [-0.3, -0.25) is 4.99 Å². The summed E-state index contributed by atoms with van der Waals surface area (Å²) in [5, 5.41) is 6.24. The predicted molar refractivity (Wildman–Crippen MR) is 106 cm³/mol. The van der Waals surface area contributed by atoms with Crippen LogP contribution in [0.1, 0.15) is 12.8 Å². The summed E-state index contributed by atoms with van der Waals surface area (Å²) in [4.78, 5) is 4.11. The Kier molecular flexibility index (Phi) is 10.1. The quantitative estimate of drug-likeness (QED) is 0.325. The van der Waals surface area contributed by atoms with E-state index in [1.165, 1.54) is 0 Å². The molecule has 2 heterocycles. The number of sulfonamides is 1. The fraction of sp³-hybridized carbons (Fsp3) is 0.923. The van der Waals surface area contributed by atoms with Crippen molar-refractivity contribution in [1.82, 2.24) is 14.9 Å². The highest BCUT2D eigenvalue weighted by Crippen LogP contribution is 2.13. The Morgan fingerprint density at radius 1 is 1.35 bits per heavy atom. The maximum atomic E-state index is 12.2. The molecule has 1 atom stereocenters. The molecule has 2 N–H and O–H groups in total. The summed E-state index contributed by atoms with van der Waals surface area (Å²) in [7, 11) is -1.49. The maximum absolute atomic E-state index is 12.2. The molecule has 0 radical (unpaired) electrons. The van der Waals surface area contributed by atoms with Crippen molar-refractivity contribution in [3.8, 4) is 0 Å². The molecular weight excluding hydrogens is 451 g/mol. The molecule has 0 amide bonds.